The van der Waals surface area contributed by atoms with E-state index < -0.39 is 6.43 Å². The molecule has 0 aromatic carbocycles. The first-order valence-corrected chi connectivity index (χ1v) is 3.75. The van der Waals surface area contributed by atoms with Crippen molar-refractivity contribution >= 4 is 6.29 Å². The molecule has 1 aromatic rings. The van der Waals surface area contributed by atoms with Crippen LogP contribution in [0.15, 0.2) is 6.07 Å². The minimum absolute atomic E-state index is 0.119. The average Bonchev–Trinajstić information content (AvgIpc) is 2.17. The standard InChI is InChI=1S/C9H6F2N2O/c1-5-7(9(10)11)2-6(4-14)13-8(5)3-12/h2,4,9H,1H3. The second-order valence-electron chi connectivity index (χ2n) is 2.64. The molecule has 1 rings (SSSR count). The van der Waals surface area contributed by atoms with Gasteiger partial charge >= 0.3 is 0 Å². The number of carbonyl (C=O) groups is 1. The molecule has 0 spiro atoms. The van der Waals surface area contributed by atoms with Crippen LogP contribution >= 0.6 is 0 Å². The van der Waals surface area contributed by atoms with Crippen molar-refractivity contribution in [3.05, 3.63) is 28.6 Å². The first-order valence-electron chi connectivity index (χ1n) is 3.75. The third-order valence-electron chi connectivity index (χ3n) is 1.79. The van der Waals surface area contributed by atoms with Crippen LogP contribution in [0, 0.1) is 18.3 Å². The van der Waals surface area contributed by atoms with Gasteiger partial charge in [0.05, 0.1) is 0 Å². The van der Waals surface area contributed by atoms with Gasteiger partial charge in [-0.05, 0) is 18.6 Å². The fraction of sp³-hybridized carbons (Fsp3) is 0.222. The van der Waals surface area contributed by atoms with Gasteiger partial charge in [0, 0.05) is 5.56 Å². The van der Waals surface area contributed by atoms with E-state index in [4.69, 9.17) is 5.26 Å². The quantitative estimate of drug-likeness (QED) is 0.680. The molecule has 0 saturated heterocycles. The Hall–Kier alpha value is -1.83. The van der Waals surface area contributed by atoms with E-state index in [1.165, 1.54) is 6.92 Å². The molecular formula is C9H6F2N2O. The number of pyridine rings is 1. The zero-order chi connectivity index (χ0) is 10.7. The van der Waals surface area contributed by atoms with E-state index in [1.807, 2.05) is 0 Å². The molecule has 0 radical (unpaired) electrons. The lowest BCUT2D eigenvalue weighted by atomic mass is 10.1. The number of nitriles is 1. The second kappa shape index (κ2) is 3.92. The Morgan fingerprint density at radius 3 is 2.71 bits per heavy atom. The number of hydrogen-bond donors (Lipinski definition) is 0. The Labute approximate surface area is 79.0 Å². The average molecular weight is 196 g/mol. The van der Waals surface area contributed by atoms with Crippen molar-refractivity contribution in [1.29, 1.82) is 5.26 Å². The summed E-state index contributed by atoms with van der Waals surface area (Å²) in [5.41, 5.74) is -0.487. The highest BCUT2D eigenvalue weighted by atomic mass is 19.3. The molecular weight excluding hydrogens is 190 g/mol. The van der Waals surface area contributed by atoms with Crippen LogP contribution in [0.1, 0.15) is 33.7 Å². The van der Waals surface area contributed by atoms with E-state index in [1.54, 1.807) is 6.07 Å². The van der Waals surface area contributed by atoms with Gasteiger partial charge in [0.15, 0.2) is 6.29 Å². The van der Waals surface area contributed by atoms with Crippen LogP contribution in [0.2, 0.25) is 0 Å². The largest absolute Gasteiger partial charge is 0.296 e. The predicted molar refractivity (Wildman–Crippen MR) is 44.0 cm³/mol. The van der Waals surface area contributed by atoms with E-state index in [-0.39, 0.29) is 22.5 Å². The monoisotopic (exact) mass is 196 g/mol. The minimum atomic E-state index is -2.70. The SMILES string of the molecule is Cc1c(C(F)F)cc(C=O)nc1C#N. The van der Waals surface area contributed by atoms with E-state index in [2.05, 4.69) is 4.98 Å². The predicted octanol–water partition coefficient (Wildman–Crippen LogP) is 2.01. The Balaban J connectivity index is 3.43. The van der Waals surface area contributed by atoms with E-state index in [0.29, 0.717) is 6.29 Å². The Bertz CT molecular complexity index is 410. The first kappa shape index (κ1) is 10.3. The third kappa shape index (κ3) is 1.74. The van der Waals surface area contributed by atoms with E-state index in [9.17, 15) is 13.6 Å². The first-order chi connectivity index (χ1) is 6.60. The Kier molecular flexibility index (Phi) is 2.87. The van der Waals surface area contributed by atoms with Crippen LogP contribution in [0.5, 0.6) is 0 Å². The summed E-state index contributed by atoms with van der Waals surface area (Å²) in [5, 5.41) is 8.57. The summed E-state index contributed by atoms with van der Waals surface area (Å²) >= 11 is 0. The Morgan fingerprint density at radius 2 is 2.29 bits per heavy atom. The van der Waals surface area contributed by atoms with Gasteiger partial charge in [-0.2, -0.15) is 5.26 Å². The highest BCUT2D eigenvalue weighted by Crippen LogP contribution is 2.24. The summed E-state index contributed by atoms with van der Waals surface area (Å²) < 4.78 is 24.8. The van der Waals surface area contributed by atoms with Gasteiger partial charge in [-0.1, -0.05) is 0 Å². The van der Waals surface area contributed by atoms with Gasteiger partial charge in [0.1, 0.15) is 17.5 Å². The molecule has 0 atom stereocenters. The molecule has 0 aliphatic heterocycles. The summed E-state index contributed by atoms with van der Waals surface area (Å²) in [7, 11) is 0. The lowest BCUT2D eigenvalue weighted by molar-refractivity contribution is 0.111. The van der Waals surface area contributed by atoms with Crippen LogP contribution in [-0.2, 0) is 0 Å². The summed E-state index contributed by atoms with van der Waals surface area (Å²) in [4.78, 5) is 13.9. The normalized spacial score (nSPS) is 9.93. The zero-order valence-corrected chi connectivity index (χ0v) is 7.29. The molecule has 0 aliphatic rings. The number of aldehydes is 1. The molecule has 1 aromatic heterocycles. The number of alkyl halides is 2. The number of carbonyl (C=O) groups excluding carboxylic acids is 1. The van der Waals surface area contributed by atoms with Gasteiger partial charge in [0.25, 0.3) is 6.43 Å². The summed E-state index contributed by atoms with van der Waals surface area (Å²) in [5.74, 6) is 0. The number of nitrogens with zero attached hydrogens (tertiary/aromatic N) is 2. The summed E-state index contributed by atoms with van der Waals surface area (Å²) in [6.07, 6.45) is -2.37. The highest BCUT2D eigenvalue weighted by molar-refractivity contribution is 5.72. The van der Waals surface area contributed by atoms with E-state index in [0.717, 1.165) is 6.07 Å². The third-order valence-corrected chi connectivity index (χ3v) is 1.79. The summed E-state index contributed by atoms with van der Waals surface area (Å²) in [6, 6.07) is 2.66. The summed E-state index contributed by atoms with van der Waals surface area (Å²) in [6.45, 7) is 1.38. The second-order valence-corrected chi connectivity index (χ2v) is 2.64. The Morgan fingerprint density at radius 1 is 1.64 bits per heavy atom. The maximum absolute atomic E-state index is 12.4. The molecule has 0 N–H and O–H groups in total. The molecule has 0 aliphatic carbocycles. The fourth-order valence-corrected chi connectivity index (χ4v) is 1.05. The van der Waals surface area contributed by atoms with E-state index >= 15 is 0 Å². The van der Waals surface area contributed by atoms with Crippen molar-refractivity contribution in [1.82, 2.24) is 4.98 Å². The van der Waals surface area contributed by atoms with Crippen molar-refractivity contribution in [2.45, 2.75) is 13.3 Å². The van der Waals surface area contributed by atoms with Crippen molar-refractivity contribution in [3.63, 3.8) is 0 Å². The molecule has 14 heavy (non-hydrogen) atoms. The topological polar surface area (TPSA) is 53.8 Å². The number of halogens is 2. The maximum Gasteiger partial charge on any atom is 0.264 e. The number of rotatable bonds is 2. The van der Waals surface area contributed by atoms with Gasteiger partial charge in [-0.25, -0.2) is 13.8 Å². The molecule has 0 bridgehead atoms. The number of hydrogen-bond acceptors (Lipinski definition) is 3. The van der Waals surface area contributed by atoms with Crippen molar-refractivity contribution in [3.8, 4) is 6.07 Å². The zero-order valence-electron chi connectivity index (χ0n) is 7.29. The molecule has 0 saturated carbocycles. The van der Waals surface area contributed by atoms with Crippen molar-refractivity contribution in [2.75, 3.05) is 0 Å². The van der Waals surface area contributed by atoms with Crippen LogP contribution in [0.25, 0.3) is 0 Å². The molecule has 0 amide bonds. The molecule has 0 unspecified atom stereocenters. The highest BCUT2D eigenvalue weighted by Gasteiger charge is 2.15. The van der Waals surface area contributed by atoms with Crippen LogP contribution < -0.4 is 0 Å². The molecule has 3 nitrogen and oxygen atoms in total. The molecule has 1 heterocycles. The lowest BCUT2D eigenvalue weighted by Crippen LogP contribution is -2.00. The fourth-order valence-electron chi connectivity index (χ4n) is 1.05. The van der Waals surface area contributed by atoms with Crippen LogP contribution in [-0.4, -0.2) is 11.3 Å². The molecule has 72 valence electrons. The lowest BCUT2D eigenvalue weighted by Gasteiger charge is -2.05. The van der Waals surface area contributed by atoms with Crippen molar-refractivity contribution < 1.29 is 13.6 Å². The van der Waals surface area contributed by atoms with Crippen LogP contribution in [0.4, 0.5) is 8.78 Å². The van der Waals surface area contributed by atoms with Gasteiger partial charge in [-0.3, -0.25) is 4.79 Å². The minimum Gasteiger partial charge on any atom is -0.296 e. The smallest absolute Gasteiger partial charge is 0.264 e. The molecule has 5 heteroatoms. The maximum atomic E-state index is 12.4. The van der Waals surface area contributed by atoms with Crippen LogP contribution in [0.3, 0.4) is 0 Å². The van der Waals surface area contributed by atoms with Gasteiger partial charge in [-0.15, -0.1) is 0 Å². The van der Waals surface area contributed by atoms with Gasteiger partial charge < -0.3 is 0 Å². The molecule has 0 fully saturated rings. The van der Waals surface area contributed by atoms with Gasteiger partial charge in [0.2, 0.25) is 0 Å². The van der Waals surface area contributed by atoms with Crippen molar-refractivity contribution in [2.24, 2.45) is 0 Å². The number of aromatic nitrogens is 1.